The minimum Gasteiger partial charge on any atom is -0.493 e. The van der Waals surface area contributed by atoms with Crippen LogP contribution in [0.15, 0.2) is 54.6 Å². The highest BCUT2D eigenvalue weighted by atomic mass is 16.6. The number of carbonyl (C=O) groups is 3. The van der Waals surface area contributed by atoms with Gasteiger partial charge in [-0.05, 0) is 54.4 Å². The fourth-order valence-electron chi connectivity index (χ4n) is 4.24. The quantitative estimate of drug-likeness (QED) is 0.507. The van der Waals surface area contributed by atoms with Crippen LogP contribution in [0.25, 0.3) is 0 Å². The number of benzene rings is 3. The molecule has 0 fully saturated rings. The summed E-state index contributed by atoms with van der Waals surface area (Å²) in [6, 6.07) is 15.1. The first-order valence-corrected chi connectivity index (χ1v) is 11.4. The average molecular weight is 488 g/mol. The second-order valence-electron chi connectivity index (χ2n) is 8.27. The summed E-state index contributed by atoms with van der Waals surface area (Å²) >= 11 is 0. The lowest BCUT2D eigenvalue weighted by Gasteiger charge is -2.19. The molecule has 1 N–H and O–H groups in total. The van der Waals surface area contributed by atoms with Crippen LogP contribution in [0.3, 0.4) is 0 Å². The van der Waals surface area contributed by atoms with Gasteiger partial charge < -0.3 is 24.3 Å². The maximum Gasteiger partial charge on any atom is 0.261 e. The molecule has 9 heteroatoms. The van der Waals surface area contributed by atoms with E-state index in [1.807, 2.05) is 12.1 Å². The molecule has 0 bridgehead atoms. The van der Waals surface area contributed by atoms with E-state index in [4.69, 9.17) is 18.9 Å². The third kappa shape index (κ3) is 4.31. The van der Waals surface area contributed by atoms with Crippen molar-refractivity contribution >= 4 is 23.4 Å². The minimum atomic E-state index is -0.426. The normalized spacial score (nSPS) is 13.9. The Morgan fingerprint density at radius 1 is 0.861 bits per heavy atom. The Bertz CT molecular complexity index is 1370. The zero-order valence-electron chi connectivity index (χ0n) is 19.8. The van der Waals surface area contributed by atoms with E-state index in [0.29, 0.717) is 48.3 Å². The van der Waals surface area contributed by atoms with Gasteiger partial charge in [-0.25, -0.2) is 0 Å². The van der Waals surface area contributed by atoms with Crippen LogP contribution in [0.5, 0.6) is 23.0 Å². The van der Waals surface area contributed by atoms with Gasteiger partial charge in [0.25, 0.3) is 17.7 Å². The van der Waals surface area contributed by atoms with Gasteiger partial charge in [0.1, 0.15) is 13.2 Å². The number of carbonyl (C=O) groups excluding carboxylic acids is 3. The molecule has 0 saturated carbocycles. The van der Waals surface area contributed by atoms with Gasteiger partial charge in [0, 0.05) is 23.9 Å². The van der Waals surface area contributed by atoms with Crippen molar-refractivity contribution in [1.82, 2.24) is 4.90 Å². The summed E-state index contributed by atoms with van der Waals surface area (Å²) in [5.74, 6) is 1.14. The monoisotopic (exact) mass is 488 g/mol. The number of anilines is 1. The summed E-state index contributed by atoms with van der Waals surface area (Å²) in [5.41, 5.74) is 2.18. The summed E-state index contributed by atoms with van der Waals surface area (Å²) in [6.07, 6.45) is 0.448. The average Bonchev–Trinajstić information content (AvgIpc) is 3.15. The number of ether oxygens (including phenoxy) is 4. The van der Waals surface area contributed by atoms with Gasteiger partial charge in [-0.1, -0.05) is 6.07 Å². The molecule has 0 saturated heterocycles. The van der Waals surface area contributed by atoms with Crippen LogP contribution in [0.2, 0.25) is 0 Å². The van der Waals surface area contributed by atoms with Crippen LogP contribution < -0.4 is 24.3 Å². The number of nitrogens with zero attached hydrogens (tertiary/aromatic N) is 1. The summed E-state index contributed by atoms with van der Waals surface area (Å²) in [4.78, 5) is 40.0. The summed E-state index contributed by atoms with van der Waals surface area (Å²) in [6.45, 7) is 1.11. The maximum atomic E-state index is 13.0. The molecule has 3 aromatic rings. The Kier molecular flexibility index (Phi) is 6.20. The van der Waals surface area contributed by atoms with Gasteiger partial charge in [0.2, 0.25) is 0 Å². The lowest BCUT2D eigenvalue weighted by molar-refractivity contribution is 0.0656. The van der Waals surface area contributed by atoms with E-state index in [0.717, 1.165) is 5.56 Å². The molecule has 0 atom stereocenters. The number of methoxy groups -OCH3 is 2. The fraction of sp³-hybridized carbons (Fsp3) is 0.222. The van der Waals surface area contributed by atoms with E-state index < -0.39 is 11.8 Å². The Hall–Kier alpha value is -4.53. The smallest absolute Gasteiger partial charge is 0.261 e. The van der Waals surface area contributed by atoms with E-state index in [-0.39, 0.29) is 29.1 Å². The van der Waals surface area contributed by atoms with Crippen LogP contribution in [0.1, 0.15) is 36.6 Å². The highest BCUT2D eigenvalue weighted by Gasteiger charge is 2.35. The van der Waals surface area contributed by atoms with Crippen molar-refractivity contribution in [2.45, 2.75) is 6.42 Å². The van der Waals surface area contributed by atoms with Crippen LogP contribution in [-0.4, -0.2) is 56.6 Å². The third-order valence-corrected chi connectivity index (χ3v) is 6.10. The molecule has 36 heavy (non-hydrogen) atoms. The maximum absolute atomic E-state index is 13.0. The van der Waals surface area contributed by atoms with Crippen LogP contribution in [0, 0.1) is 0 Å². The molecule has 184 valence electrons. The van der Waals surface area contributed by atoms with E-state index in [1.165, 1.54) is 23.1 Å². The zero-order valence-corrected chi connectivity index (χ0v) is 19.8. The molecule has 2 aliphatic rings. The highest BCUT2D eigenvalue weighted by molar-refractivity contribution is 6.22. The van der Waals surface area contributed by atoms with E-state index in [1.54, 1.807) is 38.5 Å². The van der Waals surface area contributed by atoms with Gasteiger partial charge in [-0.3, -0.25) is 19.3 Å². The molecular formula is C27H24N2O7. The third-order valence-electron chi connectivity index (χ3n) is 6.10. The lowest BCUT2D eigenvalue weighted by Crippen LogP contribution is -2.31. The molecule has 0 unspecified atom stereocenters. The Morgan fingerprint density at radius 2 is 1.61 bits per heavy atom. The van der Waals surface area contributed by atoms with E-state index in [9.17, 15) is 14.4 Å². The minimum absolute atomic E-state index is 0.195. The van der Waals surface area contributed by atoms with Gasteiger partial charge in [-0.15, -0.1) is 0 Å². The van der Waals surface area contributed by atoms with Crippen LogP contribution in [0.4, 0.5) is 5.69 Å². The van der Waals surface area contributed by atoms with Crippen molar-refractivity contribution in [3.05, 3.63) is 76.9 Å². The molecule has 0 radical (unpaired) electrons. The van der Waals surface area contributed by atoms with Crippen LogP contribution in [-0.2, 0) is 6.42 Å². The van der Waals surface area contributed by atoms with Crippen molar-refractivity contribution in [3.8, 4) is 23.0 Å². The number of imide groups is 1. The Balaban J connectivity index is 1.29. The van der Waals surface area contributed by atoms with Gasteiger partial charge in [0.15, 0.2) is 23.0 Å². The molecular weight excluding hydrogens is 464 g/mol. The summed E-state index contributed by atoms with van der Waals surface area (Å²) in [7, 11) is 3.11. The Labute approximate surface area is 207 Å². The molecule has 3 amide bonds. The fourth-order valence-corrected chi connectivity index (χ4v) is 4.24. The largest absolute Gasteiger partial charge is 0.493 e. The first-order valence-electron chi connectivity index (χ1n) is 11.4. The molecule has 0 aliphatic carbocycles. The molecule has 0 aromatic heterocycles. The molecule has 5 rings (SSSR count). The number of rotatable bonds is 7. The number of amides is 3. The summed E-state index contributed by atoms with van der Waals surface area (Å²) in [5, 5.41) is 2.80. The van der Waals surface area contributed by atoms with Crippen molar-refractivity contribution in [1.29, 1.82) is 0 Å². The highest BCUT2D eigenvalue weighted by Crippen LogP contribution is 2.33. The molecule has 2 aliphatic heterocycles. The first kappa shape index (κ1) is 23.2. The van der Waals surface area contributed by atoms with E-state index >= 15 is 0 Å². The number of nitrogens with one attached hydrogen (secondary N) is 1. The second-order valence-corrected chi connectivity index (χ2v) is 8.27. The predicted octanol–water partition coefficient (Wildman–Crippen LogP) is 3.57. The number of fused-ring (bicyclic) bond motifs is 2. The molecule has 2 heterocycles. The number of hydrogen-bond donors (Lipinski definition) is 1. The SMILES string of the molecule is COc1ccc(CCN2C(=O)c3ccc(C(=O)Nc4ccc5c(c4)OCCO5)cc3C2=O)cc1OC. The van der Waals surface area contributed by atoms with Crippen LogP contribution >= 0.6 is 0 Å². The molecule has 3 aromatic carbocycles. The Morgan fingerprint density at radius 3 is 2.39 bits per heavy atom. The second kappa shape index (κ2) is 9.61. The van der Waals surface area contributed by atoms with Crippen molar-refractivity contribution in [2.24, 2.45) is 0 Å². The number of hydrogen-bond acceptors (Lipinski definition) is 7. The van der Waals surface area contributed by atoms with Gasteiger partial charge >= 0.3 is 0 Å². The van der Waals surface area contributed by atoms with Gasteiger partial charge in [-0.2, -0.15) is 0 Å². The van der Waals surface area contributed by atoms with Gasteiger partial charge in [0.05, 0.1) is 25.3 Å². The molecule has 9 nitrogen and oxygen atoms in total. The topological polar surface area (TPSA) is 103 Å². The van der Waals surface area contributed by atoms with E-state index in [2.05, 4.69) is 5.32 Å². The lowest BCUT2D eigenvalue weighted by atomic mass is 10.1. The molecule has 0 spiro atoms. The van der Waals surface area contributed by atoms with Crippen molar-refractivity contribution in [2.75, 3.05) is 39.3 Å². The standard InChI is InChI=1S/C27H24N2O7/c1-33-21-7-3-16(13-23(21)34-2)9-10-29-26(31)19-6-4-17(14-20(19)27(29)32)25(30)28-18-5-8-22-24(15-18)36-12-11-35-22/h3-8,13-15H,9-12H2,1-2H3,(H,28,30). The predicted molar refractivity (Wildman–Crippen MR) is 130 cm³/mol. The van der Waals surface area contributed by atoms with Crippen molar-refractivity contribution < 1.29 is 33.3 Å². The zero-order chi connectivity index (χ0) is 25.2. The first-order chi connectivity index (χ1) is 17.5. The van der Waals surface area contributed by atoms with Crippen molar-refractivity contribution in [3.63, 3.8) is 0 Å². The summed E-state index contributed by atoms with van der Waals surface area (Å²) < 4.78 is 21.6.